The molecule has 140 valence electrons. The van der Waals surface area contributed by atoms with E-state index in [0.29, 0.717) is 11.2 Å². The van der Waals surface area contributed by atoms with Crippen LogP contribution in [0.1, 0.15) is 41.5 Å². The topological polar surface area (TPSA) is 62.4 Å². The highest BCUT2D eigenvalue weighted by atomic mass is 16.1. The molecule has 0 spiro atoms. The zero-order valence-electron chi connectivity index (χ0n) is 16.1. The average molecular weight is 370 g/mol. The van der Waals surface area contributed by atoms with Crippen LogP contribution in [0.4, 0.5) is 0 Å². The van der Waals surface area contributed by atoms with Gasteiger partial charge in [0.1, 0.15) is 12.1 Å². The standard InChI is InChI=1S/C24H23N3O/c1-16-12-14-19(15-13-16)22(18-8-4-3-5-9-18)25-17(2)23-26-21-11-7-6-10-20(21)24(28)27-23/h3-15,17,22,25H,1-2H3,(H,26,27,28)/p+1/t17-,22+/m0/s1. The van der Waals surface area contributed by atoms with Crippen LogP contribution in [0, 0.1) is 6.92 Å². The molecule has 28 heavy (non-hydrogen) atoms. The summed E-state index contributed by atoms with van der Waals surface area (Å²) in [6, 6.07) is 26.6. The maximum absolute atomic E-state index is 12.5. The first-order valence-corrected chi connectivity index (χ1v) is 9.57. The van der Waals surface area contributed by atoms with Gasteiger partial charge in [0, 0.05) is 11.1 Å². The first-order valence-electron chi connectivity index (χ1n) is 9.57. The summed E-state index contributed by atoms with van der Waals surface area (Å²) in [6.45, 7) is 4.18. The van der Waals surface area contributed by atoms with Crippen LogP contribution in [0.15, 0.2) is 83.7 Å². The van der Waals surface area contributed by atoms with Crippen molar-refractivity contribution in [2.24, 2.45) is 0 Å². The van der Waals surface area contributed by atoms with E-state index in [-0.39, 0.29) is 17.6 Å². The summed E-state index contributed by atoms with van der Waals surface area (Å²) in [5.74, 6) is 0.691. The van der Waals surface area contributed by atoms with Crippen molar-refractivity contribution >= 4 is 10.9 Å². The number of para-hydroxylation sites is 1. The van der Waals surface area contributed by atoms with E-state index in [2.05, 4.69) is 72.7 Å². The van der Waals surface area contributed by atoms with Gasteiger partial charge in [0.15, 0.2) is 5.82 Å². The lowest BCUT2D eigenvalue weighted by molar-refractivity contribution is -0.724. The molecule has 0 aliphatic heterocycles. The van der Waals surface area contributed by atoms with E-state index in [4.69, 9.17) is 4.98 Å². The number of nitrogens with two attached hydrogens (primary N) is 1. The predicted molar refractivity (Wildman–Crippen MR) is 112 cm³/mol. The van der Waals surface area contributed by atoms with Crippen molar-refractivity contribution in [2.45, 2.75) is 25.9 Å². The van der Waals surface area contributed by atoms with Gasteiger partial charge in [-0.15, -0.1) is 0 Å². The number of fused-ring (bicyclic) bond motifs is 1. The van der Waals surface area contributed by atoms with Crippen LogP contribution < -0.4 is 10.9 Å². The average Bonchev–Trinajstić information content (AvgIpc) is 2.73. The predicted octanol–water partition coefficient (Wildman–Crippen LogP) is 3.65. The Morgan fingerprint density at radius 2 is 1.50 bits per heavy atom. The van der Waals surface area contributed by atoms with E-state index < -0.39 is 0 Å². The number of aromatic nitrogens is 2. The Balaban J connectivity index is 1.70. The number of hydrogen-bond acceptors (Lipinski definition) is 2. The van der Waals surface area contributed by atoms with Crippen molar-refractivity contribution in [2.75, 3.05) is 0 Å². The minimum Gasteiger partial charge on any atom is -0.328 e. The Hall–Kier alpha value is -3.24. The highest BCUT2D eigenvalue weighted by Crippen LogP contribution is 2.20. The maximum atomic E-state index is 12.5. The summed E-state index contributed by atoms with van der Waals surface area (Å²) in [7, 11) is 0. The molecule has 4 rings (SSSR count). The zero-order valence-corrected chi connectivity index (χ0v) is 16.1. The molecule has 4 heteroatoms. The van der Waals surface area contributed by atoms with Crippen LogP contribution >= 0.6 is 0 Å². The van der Waals surface area contributed by atoms with Crippen molar-refractivity contribution in [3.63, 3.8) is 0 Å². The van der Waals surface area contributed by atoms with Gasteiger partial charge in [-0.1, -0.05) is 72.3 Å². The number of hydrogen-bond donors (Lipinski definition) is 2. The molecule has 2 atom stereocenters. The number of H-pyrrole nitrogens is 1. The molecule has 3 aromatic carbocycles. The molecule has 0 amide bonds. The van der Waals surface area contributed by atoms with Gasteiger partial charge >= 0.3 is 0 Å². The molecule has 0 saturated carbocycles. The Kier molecular flexibility index (Phi) is 5.04. The van der Waals surface area contributed by atoms with Gasteiger partial charge in [-0.2, -0.15) is 0 Å². The van der Waals surface area contributed by atoms with Crippen molar-refractivity contribution < 1.29 is 5.32 Å². The quantitative estimate of drug-likeness (QED) is 0.563. The monoisotopic (exact) mass is 370 g/mol. The molecular formula is C24H24N3O+. The highest BCUT2D eigenvalue weighted by molar-refractivity contribution is 5.77. The lowest BCUT2D eigenvalue weighted by Gasteiger charge is -2.21. The van der Waals surface area contributed by atoms with Gasteiger partial charge in [-0.05, 0) is 26.0 Å². The third kappa shape index (κ3) is 3.73. The third-order valence-electron chi connectivity index (χ3n) is 5.14. The smallest absolute Gasteiger partial charge is 0.258 e. The van der Waals surface area contributed by atoms with Crippen molar-refractivity contribution in [1.82, 2.24) is 9.97 Å². The fourth-order valence-electron chi connectivity index (χ4n) is 3.55. The number of rotatable bonds is 5. The summed E-state index contributed by atoms with van der Waals surface area (Å²) >= 11 is 0. The Bertz CT molecular complexity index is 1130. The number of nitrogens with zero attached hydrogens (tertiary/aromatic N) is 1. The number of aromatic amines is 1. The third-order valence-corrected chi connectivity index (χ3v) is 5.14. The van der Waals surface area contributed by atoms with E-state index in [0.717, 1.165) is 5.52 Å². The molecule has 0 saturated heterocycles. The van der Waals surface area contributed by atoms with E-state index in [1.54, 1.807) is 6.07 Å². The molecule has 4 nitrogen and oxygen atoms in total. The van der Waals surface area contributed by atoms with Crippen LogP contribution in [0.2, 0.25) is 0 Å². The van der Waals surface area contributed by atoms with Crippen LogP contribution in [0.25, 0.3) is 10.9 Å². The lowest BCUT2D eigenvalue weighted by atomic mass is 9.97. The Morgan fingerprint density at radius 1 is 0.857 bits per heavy atom. The summed E-state index contributed by atoms with van der Waals surface area (Å²) < 4.78 is 0. The molecular weight excluding hydrogens is 346 g/mol. The summed E-state index contributed by atoms with van der Waals surface area (Å²) in [6.07, 6.45) is 0. The van der Waals surface area contributed by atoms with Gasteiger partial charge < -0.3 is 10.3 Å². The lowest BCUT2D eigenvalue weighted by Crippen LogP contribution is -2.86. The van der Waals surface area contributed by atoms with Gasteiger partial charge in [-0.25, -0.2) is 4.98 Å². The molecule has 0 aliphatic carbocycles. The minimum absolute atomic E-state index is 0.0104. The van der Waals surface area contributed by atoms with E-state index in [9.17, 15) is 4.79 Å². The van der Waals surface area contributed by atoms with E-state index >= 15 is 0 Å². The van der Waals surface area contributed by atoms with Crippen molar-refractivity contribution in [3.05, 3.63) is 112 Å². The molecule has 0 fully saturated rings. The second-order valence-electron chi connectivity index (χ2n) is 7.25. The molecule has 1 heterocycles. The second kappa shape index (κ2) is 7.79. The number of quaternary nitrogens is 1. The normalized spacial score (nSPS) is 13.4. The first-order chi connectivity index (χ1) is 13.6. The van der Waals surface area contributed by atoms with Gasteiger partial charge in [-0.3, -0.25) is 4.79 Å². The second-order valence-corrected chi connectivity index (χ2v) is 7.25. The van der Waals surface area contributed by atoms with Crippen LogP contribution in [0.3, 0.4) is 0 Å². The number of benzene rings is 3. The first kappa shape index (κ1) is 18.1. The maximum Gasteiger partial charge on any atom is 0.258 e. The van der Waals surface area contributed by atoms with Gasteiger partial charge in [0.2, 0.25) is 0 Å². The summed E-state index contributed by atoms with van der Waals surface area (Å²) in [4.78, 5) is 20.1. The molecule has 4 aromatic rings. The largest absolute Gasteiger partial charge is 0.328 e. The Morgan fingerprint density at radius 3 is 2.25 bits per heavy atom. The van der Waals surface area contributed by atoms with Crippen LogP contribution in [0.5, 0.6) is 0 Å². The van der Waals surface area contributed by atoms with E-state index in [1.807, 2.05) is 24.3 Å². The SMILES string of the molecule is Cc1ccc([C@H]([NH2+][C@@H](C)c2nc3ccccc3c(=O)[nH]2)c2ccccc2)cc1. The van der Waals surface area contributed by atoms with Crippen LogP contribution in [-0.2, 0) is 0 Å². The number of nitrogens with one attached hydrogen (secondary N) is 1. The minimum atomic E-state index is -0.0903. The summed E-state index contributed by atoms with van der Waals surface area (Å²) in [5.41, 5.74) is 4.33. The molecule has 0 radical (unpaired) electrons. The zero-order chi connectivity index (χ0) is 19.5. The van der Waals surface area contributed by atoms with Gasteiger partial charge in [0.05, 0.1) is 10.9 Å². The highest BCUT2D eigenvalue weighted by Gasteiger charge is 2.23. The van der Waals surface area contributed by atoms with Crippen molar-refractivity contribution in [3.8, 4) is 0 Å². The van der Waals surface area contributed by atoms with Crippen molar-refractivity contribution in [1.29, 1.82) is 0 Å². The van der Waals surface area contributed by atoms with Gasteiger partial charge in [0.25, 0.3) is 5.56 Å². The molecule has 0 bridgehead atoms. The van der Waals surface area contributed by atoms with Crippen LogP contribution in [-0.4, -0.2) is 9.97 Å². The molecule has 0 unspecified atom stereocenters. The summed E-state index contributed by atoms with van der Waals surface area (Å²) in [5, 5.41) is 2.88. The van der Waals surface area contributed by atoms with E-state index in [1.165, 1.54) is 16.7 Å². The number of aryl methyl sites for hydroxylation is 1. The molecule has 3 N–H and O–H groups in total. The molecule has 0 aliphatic rings. The fraction of sp³-hybridized carbons (Fsp3) is 0.167. The fourth-order valence-corrected chi connectivity index (χ4v) is 3.55. The Labute approximate surface area is 164 Å². The molecule has 1 aromatic heterocycles.